The monoisotopic (exact) mass is 487 g/mol. The van der Waals surface area contributed by atoms with Crippen molar-refractivity contribution < 1.29 is 9.53 Å². The van der Waals surface area contributed by atoms with Crippen LogP contribution in [0, 0.1) is 0 Å². The quantitative estimate of drug-likeness (QED) is 0.215. The number of carbonyl (C=O) groups excluding carboxylic acids is 1. The molecule has 5 rings (SSSR count). The summed E-state index contributed by atoms with van der Waals surface area (Å²) in [4.78, 5) is 15.5. The molecule has 4 aromatic rings. The van der Waals surface area contributed by atoms with Crippen molar-refractivity contribution in [3.63, 3.8) is 0 Å². The average Bonchev–Trinajstić information content (AvgIpc) is 3.11. The number of hydrogen-bond donors (Lipinski definition) is 0. The van der Waals surface area contributed by atoms with Crippen LogP contribution in [-0.4, -0.2) is 10.2 Å². The fraction of sp³-hybridized carbons (Fsp3) is 0.0370. The minimum absolute atomic E-state index is 0.122. The molecular weight excluding hydrogens is 470 g/mol. The lowest BCUT2D eigenvalue weighted by molar-refractivity contribution is -0.113. The second kappa shape index (κ2) is 9.40. The topological polar surface area (TPSA) is 29.5 Å². The van der Waals surface area contributed by atoms with Gasteiger partial charge >= 0.3 is 0 Å². The number of rotatable bonds is 5. The van der Waals surface area contributed by atoms with Gasteiger partial charge in [-0.2, -0.15) is 0 Å². The number of benzene rings is 4. The molecule has 0 atom stereocenters. The van der Waals surface area contributed by atoms with Crippen LogP contribution >= 0.6 is 35.6 Å². The maximum absolute atomic E-state index is 13.3. The van der Waals surface area contributed by atoms with E-state index in [4.69, 9.17) is 28.6 Å². The van der Waals surface area contributed by atoms with Gasteiger partial charge in [-0.15, -0.1) is 0 Å². The number of hydrogen-bond acceptors (Lipinski definition) is 4. The highest BCUT2D eigenvalue weighted by molar-refractivity contribution is 8.27. The predicted octanol–water partition coefficient (Wildman–Crippen LogP) is 7.48. The molecular formula is C27H18ClNO2S2. The summed E-state index contributed by atoms with van der Waals surface area (Å²) in [5, 5.41) is 2.73. The molecule has 1 aliphatic heterocycles. The summed E-state index contributed by atoms with van der Waals surface area (Å²) in [6.07, 6.45) is 1.85. The van der Waals surface area contributed by atoms with Gasteiger partial charge in [0.1, 0.15) is 12.4 Å². The van der Waals surface area contributed by atoms with Crippen LogP contribution < -0.4 is 9.64 Å². The van der Waals surface area contributed by atoms with Crippen molar-refractivity contribution in [2.45, 2.75) is 6.61 Å². The molecule has 33 heavy (non-hydrogen) atoms. The molecule has 4 aromatic carbocycles. The molecule has 162 valence electrons. The smallest absolute Gasteiger partial charge is 0.270 e. The summed E-state index contributed by atoms with van der Waals surface area (Å²) < 4.78 is 6.44. The second-order valence-electron chi connectivity index (χ2n) is 7.47. The maximum Gasteiger partial charge on any atom is 0.270 e. The maximum atomic E-state index is 13.3. The van der Waals surface area contributed by atoms with Gasteiger partial charge in [-0.3, -0.25) is 9.69 Å². The molecule has 0 bridgehead atoms. The Morgan fingerprint density at radius 2 is 1.70 bits per heavy atom. The number of thioether (sulfide) groups is 1. The van der Waals surface area contributed by atoms with Crippen LogP contribution in [0.1, 0.15) is 11.1 Å². The first-order valence-electron chi connectivity index (χ1n) is 10.3. The van der Waals surface area contributed by atoms with E-state index in [9.17, 15) is 4.79 Å². The van der Waals surface area contributed by atoms with Crippen molar-refractivity contribution in [3.05, 3.63) is 112 Å². The zero-order valence-corrected chi connectivity index (χ0v) is 19.8. The van der Waals surface area contributed by atoms with Crippen LogP contribution in [0.5, 0.6) is 5.75 Å². The van der Waals surface area contributed by atoms with Crippen molar-refractivity contribution >= 4 is 68.3 Å². The Morgan fingerprint density at radius 3 is 2.58 bits per heavy atom. The first kappa shape index (κ1) is 21.7. The van der Waals surface area contributed by atoms with Crippen LogP contribution in [-0.2, 0) is 11.4 Å². The zero-order valence-electron chi connectivity index (χ0n) is 17.4. The van der Waals surface area contributed by atoms with Crippen molar-refractivity contribution in [3.8, 4) is 5.75 Å². The summed E-state index contributed by atoms with van der Waals surface area (Å²) in [6.45, 7) is 0.367. The van der Waals surface area contributed by atoms with E-state index in [1.807, 2.05) is 97.1 Å². The predicted molar refractivity (Wildman–Crippen MR) is 142 cm³/mol. The highest BCUT2D eigenvalue weighted by atomic mass is 35.5. The van der Waals surface area contributed by atoms with Gasteiger partial charge in [-0.1, -0.05) is 102 Å². The highest BCUT2D eigenvalue weighted by Gasteiger charge is 2.34. The number of anilines is 1. The Hall–Kier alpha value is -3.12. The number of thiocarbonyl (C=S) groups is 1. The van der Waals surface area contributed by atoms with E-state index in [-0.39, 0.29) is 5.91 Å². The summed E-state index contributed by atoms with van der Waals surface area (Å²) in [6, 6.07) is 29.1. The lowest BCUT2D eigenvalue weighted by Gasteiger charge is -2.17. The standard InChI is InChI=1S/C27H18ClNO2S2/c28-23-13-4-2-9-20(23)17-31-21-11-5-7-18(15-21)16-25-26(30)29(27(32)33-25)24-14-6-10-19-8-1-3-12-22(19)24/h1-16H,17H2/b25-16-. The van der Waals surface area contributed by atoms with E-state index in [1.165, 1.54) is 11.8 Å². The first-order chi connectivity index (χ1) is 16.1. The second-order valence-corrected chi connectivity index (χ2v) is 9.55. The van der Waals surface area contributed by atoms with Gasteiger partial charge in [0.25, 0.3) is 5.91 Å². The third kappa shape index (κ3) is 4.53. The number of fused-ring (bicyclic) bond motifs is 1. The van der Waals surface area contributed by atoms with E-state index in [1.54, 1.807) is 4.90 Å². The first-order valence-corrected chi connectivity index (χ1v) is 11.9. The van der Waals surface area contributed by atoms with Gasteiger partial charge in [-0.25, -0.2) is 0 Å². The van der Waals surface area contributed by atoms with E-state index in [2.05, 4.69) is 0 Å². The Balaban J connectivity index is 1.39. The largest absolute Gasteiger partial charge is 0.489 e. The molecule has 0 unspecified atom stereocenters. The summed E-state index contributed by atoms with van der Waals surface area (Å²) in [5.74, 6) is 0.581. The SMILES string of the molecule is O=C1/C(=C/c2cccc(OCc3ccccc3Cl)c2)SC(=S)N1c1cccc2ccccc12. The molecule has 1 saturated heterocycles. The van der Waals surface area contributed by atoms with Gasteiger partial charge in [0, 0.05) is 16.0 Å². The average molecular weight is 488 g/mol. The van der Waals surface area contributed by atoms with Crippen molar-refractivity contribution in [1.82, 2.24) is 0 Å². The molecule has 0 radical (unpaired) electrons. The Bertz CT molecular complexity index is 1410. The third-order valence-electron chi connectivity index (χ3n) is 5.31. The molecule has 0 N–H and O–H groups in total. The number of nitrogens with zero attached hydrogens (tertiary/aromatic N) is 1. The fourth-order valence-corrected chi connectivity index (χ4v) is 5.18. The minimum Gasteiger partial charge on any atom is -0.489 e. The summed E-state index contributed by atoms with van der Waals surface area (Å²) in [7, 11) is 0. The number of ether oxygens (including phenoxy) is 1. The molecule has 1 aliphatic rings. The molecule has 0 aliphatic carbocycles. The van der Waals surface area contributed by atoms with Gasteiger partial charge in [-0.05, 0) is 41.3 Å². The molecule has 3 nitrogen and oxygen atoms in total. The third-order valence-corrected chi connectivity index (χ3v) is 6.98. The number of carbonyl (C=O) groups is 1. The van der Waals surface area contributed by atoms with Gasteiger partial charge in [0.15, 0.2) is 4.32 Å². The minimum atomic E-state index is -0.122. The van der Waals surface area contributed by atoms with Crippen molar-refractivity contribution in [1.29, 1.82) is 0 Å². The van der Waals surface area contributed by atoms with Crippen LogP contribution in [0.2, 0.25) is 5.02 Å². The Morgan fingerprint density at radius 1 is 0.939 bits per heavy atom. The molecule has 0 aromatic heterocycles. The Labute approximate surface area is 206 Å². The van der Waals surface area contributed by atoms with Crippen molar-refractivity contribution in [2.24, 2.45) is 0 Å². The normalized spacial score (nSPS) is 14.9. The van der Waals surface area contributed by atoms with Crippen LogP contribution in [0.3, 0.4) is 0 Å². The van der Waals surface area contributed by atoms with E-state index >= 15 is 0 Å². The van der Waals surface area contributed by atoms with E-state index < -0.39 is 0 Å². The van der Waals surface area contributed by atoms with Crippen molar-refractivity contribution in [2.75, 3.05) is 4.90 Å². The molecule has 1 amide bonds. The van der Waals surface area contributed by atoms with Gasteiger partial charge in [0.05, 0.1) is 10.6 Å². The van der Waals surface area contributed by atoms with Crippen LogP contribution in [0.25, 0.3) is 16.8 Å². The fourth-order valence-electron chi connectivity index (χ4n) is 3.70. The molecule has 1 fully saturated rings. The number of amides is 1. The van der Waals surface area contributed by atoms with Gasteiger partial charge in [0.2, 0.25) is 0 Å². The molecule has 0 saturated carbocycles. The lowest BCUT2D eigenvalue weighted by atomic mass is 10.1. The molecule has 1 heterocycles. The Kier molecular flexibility index (Phi) is 6.18. The van der Waals surface area contributed by atoms with E-state index in [0.717, 1.165) is 27.6 Å². The lowest BCUT2D eigenvalue weighted by Crippen LogP contribution is -2.27. The summed E-state index contributed by atoms with van der Waals surface area (Å²) in [5.41, 5.74) is 2.58. The van der Waals surface area contributed by atoms with Gasteiger partial charge < -0.3 is 4.74 Å². The number of halogens is 1. The highest BCUT2D eigenvalue weighted by Crippen LogP contribution is 2.39. The van der Waals surface area contributed by atoms with Crippen LogP contribution in [0.4, 0.5) is 5.69 Å². The molecule has 0 spiro atoms. The summed E-state index contributed by atoms with van der Waals surface area (Å²) >= 11 is 13.1. The van der Waals surface area contributed by atoms with Crippen LogP contribution in [0.15, 0.2) is 95.9 Å². The zero-order chi connectivity index (χ0) is 22.8. The van der Waals surface area contributed by atoms with E-state index in [0.29, 0.717) is 26.6 Å². The molecule has 6 heteroatoms.